The Hall–Kier alpha value is -3.92. The Bertz CT molecular complexity index is 1240. The van der Waals surface area contributed by atoms with E-state index in [2.05, 4.69) is 10.0 Å². The molecule has 0 fully saturated rings. The Labute approximate surface area is 178 Å². The lowest BCUT2D eigenvalue weighted by Gasteiger charge is -2.12. The fourth-order valence-corrected chi connectivity index (χ4v) is 3.87. The molecule has 3 aromatic rings. The highest BCUT2D eigenvalue weighted by atomic mass is 32.2. The van der Waals surface area contributed by atoms with Crippen LogP contribution in [0.5, 0.6) is 5.75 Å². The summed E-state index contributed by atoms with van der Waals surface area (Å²) in [7, 11) is -2.76. The van der Waals surface area contributed by atoms with Crippen LogP contribution in [0.1, 0.15) is 15.9 Å². The average molecular weight is 441 g/mol. The fourth-order valence-electron chi connectivity index (χ4n) is 2.80. The summed E-state index contributed by atoms with van der Waals surface area (Å²) < 4.78 is 32.8. The van der Waals surface area contributed by atoms with Gasteiger partial charge >= 0.3 is 0 Å². The summed E-state index contributed by atoms with van der Waals surface area (Å²) in [6, 6.07) is 16.2. The molecule has 0 aliphatic heterocycles. The number of nitro benzene ring substituents is 1. The third-order valence-electron chi connectivity index (χ3n) is 4.34. The molecule has 0 aliphatic rings. The number of carbonyl (C=O) groups is 1. The lowest BCUT2D eigenvalue weighted by atomic mass is 10.2. The van der Waals surface area contributed by atoms with Crippen molar-refractivity contribution in [3.63, 3.8) is 0 Å². The SMILES string of the molecule is COc1ccc([N+](=O)[O-])cc1NS(=O)(=O)c1ccc(C(=O)Nc2cccc(C)c2)cc1. The minimum Gasteiger partial charge on any atom is -0.495 e. The second kappa shape index (κ2) is 8.84. The van der Waals surface area contributed by atoms with Gasteiger partial charge < -0.3 is 10.1 Å². The van der Waals surface area contributed by atoms with Gasteiger partial charge in [-0.15, -0.1) is 0 Å². The predicted octanol–water partition coefficient (Wildman–Crippen LogP) is 3.96. The molecule has 2 N–H and O–H groups in total. The summed E-state index contributed by atoms with van der Waals surface area (Å²) in [5.74, 6) is -0.258. The van der Waals surface area contributed by atoms with Crippen LogP contribution in [0.15, 0.2) is 71.6 Å². The van der Waals surface area contributed by atoms with Crippen LogP contribution < -0.4 is 14.8 Å². The Morgan fingerprint density at radius 1 is 1.03 bits per heavy atom. The third-order valence-corrected chi connectivity index (χ3v) is 5.72. The number of benzene rings is 3. The minimum atomic E-state index is -4.08. The fraction of sp³-hybridized carbons (Fsp3) is 0.0952. The summed E-state index contributed by atoms with van der Waals surface area (Å²) in [6.45, 7) is 1.90. The molecular formula is C21H19N3O6S. The van der Waals surface area contributed by atoms with Crippen molar-refractivity contribution in [1.29, 1.82) is 0 Å². The van der Waals surface area contributed by atoms with E-state index in [1.807, 2.05) is 25.1 Å². The smallest absolute Gasteiger partial charge is 0.271 e. The molecule has 0 saturated heterocycles. The van der Waals surface area contributed by atoms with Crippen molar-refractivity contribution in [2.45, 2.75) is 11.8 Å². The van der Waals surface area contributed by atoms with E-state index >= 15 is 0 Å². The molecule has 0 unspecified atom stereocenters. The number of hydrogen-bond donors (Lipinski definition) is 2. The van der Waals surface area contributed by atoms with Crippen molar-refractivity contribution in [3.8, 4) is 5.75 Å². The number of nitrogens with one attached hydrogen (secondary N) is 2. The molecule has 0 radical (unpaired) electrons. The van der Waals surface area contributed by atoms with Crippen LogP contribution in [0, 0.1) is 17.0 Å². The van der Waals surface area contributed by atoms with E-state index in [-0.39, 0.29) is 33.5 Å². The molecule has 1 amide bonds. The van der Waals surface area contributed by atoms with Gasteiger partial charge in [0.2, 0.25) is 0 Å². The summed E-state index contributed by atoms with van der Waals surface area (Å²) in [6.07, 6.45) is 0. The number of amides is 1. The number of hydrogen-bond acceptors (Lipinski definition) is 6. The first kappa shape index (κ1) is 21.8. The van der Waals surface area contributed by atoms with Gasteiger partial charge in [0, 0.05) is 23.4 Å². The molecule has 0 atom stereocenters. The van der Waals surface area contributed by atoms with Gasteiger partial charge in [0.1, 0.15) is 5.75 Å². The Morgan fingerprint density at radius 3 is 2.35 bits per heavy atom. The number of anilines is 2. The summed E-state index contributed by atoms with van der Waals surface area (Å²) in [4.78, 5) is 22.6. The van der Waals surface area contributed by atoms with Crippen LogP contribution in [0.25, 0.3) is 0 Å². The second-order valence-corrected chi connectivity index (χ2v) is 8.28. The maximum Gasteiger partial charge on any atom is 0.271 e. The normalized spacial score (nSPS) is 10.9. The standard InChI is InChI=1S/C21H19N3O6S/c1-14-4-3-5-16(12-14)22-21(25)15-6-9-18(10-7-15)31(28,29)23-19-13-17(24(26)27)8-11-20(19)30-2/h3-13,23H,1-2H3,(H,22,25). The number of aryl methyl sites for hydroxylation is 1. The van der Waals surface area contributed by atoms with Gasteiger partial charge in [-0.25, -0.2) is 8.42 Å². The molecule has 0 bridgehead atoms. The molecular weight excluding hydrogens is 422 g/mol. The highest BCUT2D eigenvalue weighted by molar-refractivity contribution is 7.92. The maximum absolute atomic E-state index is 12.7. The van der Waals surface area contributed by atoms with Gasteiger partial charge in [-0.3, -0.25) is 19.6 Å². The van der Waals surface area contributed by atoms with Crippen LogP contribution in [-0.2, 0) is 10.0 Å². The first-order valence-electron chi connectivity index (χ1n) is 9.03. The van der Waals surface area contributed by atoms with E-state index < -0.39 is 14.9 Å². The average Bonchev–Trinajstić information content (AvgIpc) is 2.73. The molecule has 0 aromatic heterocycles. The van der Waals surface area contributed by atoms with Crippen molar-refractivity contribution in [1.82, 2.24) is 0 Å². The van der Waals surface area contributed by atoms with Gasteiger partial charge in [-0.2, -0.15) is 0 Å². The number of non-ortho nitro benzene ring substituents is 1. The molecule has 160 valence electrons. The largest absolute Gasteiger partial charge is 0.495 e. The molecule has 0 saturated carbocycles. The van der Waals surface area contributed by atoms with Gasteiger partial charge in [0.25, 0.3) is 21.6 Å². The zero-order valence-electron chi connectivity index (χ0n) is 16.7. The Morgan fingerprint density at radius 2 is 1.74 bits per heavy atom. The van der Waals surface area contributed by atoms with Crippen LogP contribution in [0.4, 0.5) is 17.1 Å². The zero-order chi connectivity index (χ0) is 22.6. The number of rotatable bonds is 7. The van der Waals surface area contributed by atoms with Gasteiger partial charge in [-0.05, 0) is 55.0 Å². The third kappa shape index (κ3) is 5.17. The number of methoxy groups -OCH3 is 1. The Kier molecular flexibility index (Phi) is 6.21. The lowest BCUT2D eigenvalue weighted by molar-refractivity contribution is -0.384. The second-order valence-electron chi connectivity index (χ2n) is 6.60. The maximum atomic E-state index is 12.7. The molecule has 3 rings (SSSR count). The number of nitrogens with zero attached hydrogens (tertiary/aromatic N) is 1. The molecule has 0 spiro atoms. The van der Waals surface area contributed by atoms with E-state index in [9.17, 15) is 23.3 Å². The highest BCUT2D eigenvalue weighted by Crippen LogP contribution is 2.30. The Balaban J connectivity index is 1.81. The molecule has 10 heteroatoms. The van der Waals surface area contributed by atoms with Gasteiger partial charge in [0.05, 0.1) is 22.6 Å². The number of ether oxygens (including phenoxy) is 1. The van der Waals surface area contributed by atoms with E-state index in [0.717, 1.165) is 11.6 Å². The summed E-state index contributed by atoms with van der Waals surface area (Å²) in [5, 5.41) is 13.7. The predicted molar refractivity (Wildman–Crippen MR) is 116 cm³/mol. The molecule has 3 aromatic carbocycles. The number of nitro groups is 1. The van der Waals surface area contributed by atoms with E-state index in [0.29, 0.717) is 5.69 Å². The van der Waals surface area contributed by atoms with Crippen molar-refractivity contribution in [2.24, 2.45) is 0 Å². The van der Waals surface area contributed by atoms with E-state index in [1.165, 1.54) is 43.5 Å². The van der Waals surface area contributed by atoms with Gasteiger partial charge in [0.15, 0.2) is 0 Å². The lowest BCUT2D eigenvalue weighted by Crippen LogP contribution is -2.15. The number of sulfonamides is 1. The van der Waals surface area contributed by atoms with Crippen molar-refractivity contribution in [3.05, 3.63) is 88.0 Å². The number of carbonyl (C=O) groups excluding carboxylic acids is 1. The van der Waals surface area contributed by atoms with E-state index in [1.54, 1.807) is 6.07 Å². The monoisotopic (exact) mass is 441 g/mol. The molecule has 0 aliphatic carbocycles. The quantitative estimate of drug-likeness (QED) is 0.422. The first-order valence-corrected chi connectivity index (χ1v) is 10.5. The van der Waals surface area contributed by atoms with E-state index in [4.69, 9.17) is 4.74 Å². The van der Waals surface area contributed by atoms with Gasteiger partial charge in [-0.1, -0.05) is 12.1 Å². The van der Waals surface area contributed by atoms with Crippen LogP contribution >= 0.6 is 0 Å². The van der Waals surface area contributed by atoms with Crippen LogP contribution in [0.2, 0.25) is 0 Å². The molecule has 0 heterocycles. The molecule has 9 nitrogen and oxygen atoms in total. The molecule has 31 heavy (non-hydrogen) atoms. The minimum absolute atomic E-state index is 0.0713. The topological polar surface area (TPSA) is 128 Å². The van der Waals surface area contributed by atoms with Crippen LogP contribution in [0.3, 0.4) is 0 Å². The zero-order valence-corrected chi connectivity index (χ0v) is 17.5. The van der Waals surface area contributed by atoms with Crippen LogP contribution in [-0.4, -0.2) is 26.4 Å². The van der Waals surface area contributed by atoms with Crippen molar-refractivity contribution < 1.29 is 22.9 Å². The van der Waals surface area contributed by atoms with Crippen molar-refractivity contribution in [2.75, 3.05) is 17.1 Å². The summed E-state index contributed by atoms with van der Waals surface area (Å²) in [5.41, 5.74) is 1.52. The first-order chi connectivity index (χ1) is 14.7. The summed E-state index contributed by atoms with van der Waals surface area (Å²) >= 11 is 0. The highest BCUT2D eigenvalue weighted by Gasteiger charge is 2.20. The van der Waals surface area contributed by atoms with Crippen molar-refractivity contribution >= 4 is 33.0 Å².